The molecule has 10 heteroatoms. The molecule has 0 heterocycles. The van der Waals surface area contributed by atoms with Gasteiger partial charge in [0.25, 0.3) is 0 Å². The highest BCUT2D eigenvalue weighted by Gasteiger charge is 2.21. The van der Waals surface area contributed by atoms with Crippen molar-refractivity contribution in [3.8, 4) is 0 Å². The molecule has 13 heavy (non-hydrogen) atoms. The summed E-state index contributed by atoms with van der Waals surface area (Å²) in [6.45, 7) is -0.101. The first kappa shape index (κ1) is 16.0. The van der Waals surface area contributed by atoms with Gasteiger partial charge in [0, 0.05) is 15.6 Å². The highest BCUT2D eigenvalue weighted by atomic mass is 31.1. The van der Waals surface area contributed by atoms with Crippen molar-refractivity contribution >= 4 is 33.9 Å². The largest absolute Gasteiger partial charge is 0.696 e. The molecule has 76 valence electrons. The normalized spacial score (nSPS) is 14.4. The number of hydrogen-bond acceptors (Lipinski definition) is 5. The van der Waals surface area contributed by atoms with Crippen LogP contribution in [0.4, 0.5) is 0 Å². The van der Waals surface area contributed by atoms with Crippen molar-refractivity contribution in [2.24, 2.45) is 5.73 Å². The number of rotatable bonds is 6. The molecule has 0 aromatic carbocycles. The summed E-state index contributed by atoms with van der Waals surface area (Å²) in [4.78, 5) is 16.3. The van der Waals surface area contributed by atoms with Gasteiger partial charge in [0.15, 0.2) is 23.6 Å². The van der Waals surface area contributed by atoms with Crippen LogP contribution in [0.5, 0.6) is 0 Å². The highest BCUT2D eigenvalue weighted by molar-refractivity contribution is 7.32. The van der Waals surface area contributed by atoms with E-state index >= 15 is 0 Å². The van der Waals surface area contributed by atoms with Crippen molar-refractivity contribution in [2.45, 2.75) is 12.6 Å². The predicted molar refractivity (Wildman–Crippen MR) is 49.2 cm³/mol. The van der Waals surface area contributed by atoms with Crippen LogP contribution in [0, 0.1) is 0 Å². The van der Waals surface area contributed by atoms with Crippen LogP contribution in [0.15, 0.2) is 0 Å². The summed E-state index contributed by atoms with van der Waals surface area (Å²) in [5.74, 6) is 0. The van der Waals surface area contributed by atoms with Gasteiger partial charge in [0.05, 0.1) is 0 Å². The first-order chi connectivity index (χ1) is 5.52. The van der Waals surface area contributed by atoms with E-state index in [1.54, 1.807) is 0 Å². The number of hydrogen-bond donors (Lipinski definition) is 3. The van der Waals surface area contributed by atoms with Crippen molar-refractivity contribution in [1.29, 1.82) is 0 Å². The molecule has 0 saturated carbocycles. The van der Waals surface area contributed by atoms with Crippen molar-refractivity contribution in [1.82, 2.24) is 0 Å². The fourth-order valence-corrected chi connectivity index (χ4v) is 1.01. The Kier molecular flexibility index (Phi) is 11.2. The van der Waals surface area contributed by atoms with Gasteiger partial charge in [0.1, 0.15) is 6.61 Å². The van der Waals surface area contributed by atoms with Crippen molar-refractivity contribution in [3.05, 3.63) is 0 Å². The second kappa shape index (κ2) is 9.10. The van der Waals surface area contributed by atoms with Crippen molar-refractivity contribution < 1.29 is 28.0 Å². The van der Waals surface area contributed by atoms with Gasteiger partial charge in [-0.25, -0.2) is 0 Å². The summed E-state index contributed by atoms with van der Waals surface area (Å²) in [5, 5.41) is 0. The van der Waals surface area contributed by atoms with E-state index in [0.29, 0.717) is 0 Å². The van der Waals surface area contributed by atoms with E-state index in [2.05, 4.69) is 9.05 Å². The van der Waals surface area contributed by atoms with Gasteiger partial charge >= 0.3 is 16.5 Å². The lowest BCUT2D eigenvalue weighted by molar-refractivity contribution is 0.157. The lowest BCUT2D eigenvalue weighted by Crippen LogP contribution is -2.22. The molecule has 0 radical (unpaired) electrons. The summed E-state index contributed by atoms with van der Waals surface area (Å²) in [7, 11) is -5.39. The quantitative estimate of drug-likeness (QED) is 0.306. The minimum atomic E-state index is -2.74. The van der Waals surface area contributed by atoms with Crippen molar-refractivity contribution in [3.63, 3.8) is 0 Å². The third-order valence-electron chi connectivity index (χ3n) is 0.830. The predicted octanol–water partition coefficient (Wildman–Crippen LogP) is -1.19. The van der Waals surface area contributed by atoms with E-state index in [1.165, 1.54) is 0 Å². The molecule has 0 fully saturated rings. The summed E-state index contributed by atoms with van der Waals surface area (Å²) >= 11 is 0. The van der Waals surface area contributed by atoms with Crippen molar-refractivity contribution in [2.75, 3.05) is 6.61 Å². The summed E-state index contributed by atoms with van der Waals surface area (Å²) in [5.41, 5.74) is 5.14. The van der Waals surface area contributed by atoms with Gasteiger partial charge in [-0.15, -0.1) is 18.8 Å². The van der Waals surface area contributed by atoms with Crippen LogP contribution in [0.3, 0.4) is 0 Å². The van der Waals surface area contributed by atoms with E-state index in [-0.39, 0.29) is 30.4 Å². The molecular formula is C3H12AlNO6P2+2. The maximum Gasteiger partial charge on any atom is 0.696 e. The smallest absolute Gasteiger partial charge is 0.302 e. The second-order valence-electron chi connectivity index (χ2n) is 1.74. The maximum absolute atomic E-state index is 10.0. The van der Waals surface area contributed by atoms with Crippen LogP contribution in [0.1, 0.15) is 6.42 Å². The van der Waals surface area contributed by atoms with Crippen LogP contribution in [-0.4, -0.2) is 40.0 Å². The molecule has 3 unspecified atom stereocenters. The minimum absolute atomic E-state index is 0. The Hall–Kier alpha value is 0.532. The van der Waals surface area contributed by atoms with E-state index in [0.717, 1.165) is 0 Å². The molecule has 0 saturated heterocycles. The highest BCUT2D eigenvalue weighted by Crippen LogP contribution is 2.19. The van der Waals surface area contributed by atoms with E-state index in [1.807, 2.05) is 0 Å². The minimum Gasteiger partial charge on any atom is -0.302 e. The van der Waals surface area contributed by atoms with Crippen LogP contribution in [-0.2, 0) is 18.2 Å². The topological polar surface area (TPSA) is 119 Å². The monoisotopic (exact) mass is 247 g/mol. The third kappa shape index (κ3) is 12.5. The zero-order chi connectivity index (χ0) is 9.56. The summed E-state index contributed by atoms with van der Waals surface area (Å²) in [6.07, 6.45) is -0.892. The summed E-state index contributed by atoms with van der Waals surface area (Å²) < 4.78 is 28.4. The molecule has 3 atom stereocenters. The van der Waals surface area contributed by atoms with Gasteiger partial charge < -0.3 is 5.73 Å². The molecule has 4 N–H and O–H groups in total. The van der Waals surface area contributed by atoms with Gasteiger partial charge in [-0.2, -0.15) is 0 Å². The average molecular weight is 247 g/mol. The van der Waals surface area contributed by atoms with Crippen LogP contribution in [0.25, 0.3) is 0 Å². The third-order valence-corrected chi connectivity index (χ3v) is 1.68. The Bertz CT molecular complexity index is 179. The Morgan fingerprint density at radius 2 is 1.85 bits per heavy atom. The van der Waals surface area contributed by atoms with Gasteiger partial charge in [-0.1, -0.05) is 0 Å². The maximum atomic E-state index is 10.0. The molecule has 0 aliphatic heterocycles. The first-order valence-corrected chi connectivity index (χ1v) is 5.16. The fourth-order valence-electron chi connectivity index (χ4n) is 0.415. The molecule has 0 aromatic rings. The Morgan fingerprint density at radius 3 is 2.23 bits per heavy atom. The van der Waals surface area contributed by atoms with Crippen LogP contribution in [0.2, 0.25) is 0 Å². The fraction of sp³-hybridized carbons (Fsp3) is 1.00. The van der Waals surface area contributed by atoms with Crippen LogP contribution < -0.4 is 5.73 Å². The molecule has 0 amide bonds. The molecule has 0 bridgehead atoms. The van der Waals surface area contributed by atoms with E-state index in [9.17, 15) is 9.13 Å². The zero-order valence-corrected chi connectivity index (χ0v) is 7.78. The molecule has 0 spiro atoms. The molecule has 0 aromatic heterocycles. The van der Waals surface area contributed by atoms with E-state index in [4.69, 9.17) is 15.5 Å². The molecule has 0 rings (SSSR count). The summed E-state index contributed by atoms with van der Waals surface area (Å²) in [6, 6.07) is 0. The number of nitrogens with two attached hydrogens (primary N) is 1. The average Bonchev–Trinajstić information content (AvgIpc) is 1.84. The molecule has 0 aliphatic carbocycles. The molecule has 7 nitrogen and oxygen atoms in total. The zero-order valence-electron chi connectivity index (χ0n) is 5.99. The lowest BCUT2D eigenvalue weighted by Gasteiger charge is -1.98. The van der Waals surface area contributed by atoms with Crippen LogP contribution >= 0.6 is 16.5 Å². The van der Waals surface area contributed by atoms with Gasteiger partial charge in [-0.05, 0) is 0 Å². The SMILES string of the molecule is NC(CCO[P+](=O)O)O[P+](=O)O.[AlH3]. The Balaban J connectivity index is 0. The Morgan fingerprint density at radius 1 is 1.31 bits per heavy atom. The standard InChI is InChI=1S/C3H7NO6P2.Al.3H/c4-3(10-12(7)8)1-2-9-11(5)6;;;;/h3H,1-2,4H2;;;;/p+2. The molecular weight excluding hydrogens is 235 g/mol. The molecule has 0 aliphatic rings. The Labute approximate surface area is 87.3 Å². The lowest BCUT2D eigenvalue weighted by atomic mass is 10.4. The second-order valence-corrected chi connectivity index (χ2v) is 3.16. The van der Waals surface area contributed by atoms with Gasteiger partial charge in [-0.3, -0.25) is 0 Å². The van der Waals surface area contributed by atoms with Gasteiger partial charge in [0.2, 0.25) is 0 Å². The first-order valence-electron chi connectivity index (χ1n) is 2.90. The van der Waals surface area contributed by atoms with E-state index < -0.39 is 22.7 Å².